The first-order valence-corrected chi connectivity index (χ1v) is 13.7. The van der Waals surface area contributed by atoms with Crippen LogP contribution in [-0.2, 0) is 28.6 Å². The molecule has 4 saturated carbocycles. The number of ketones is 2. The van der Waals surface area contributed by atoms with E-state index in [2.05, 4.69) is 0 Å². The van der Waals surface area contributed by atoms with Crippen molar-refractivity contribution in [1.82, 2.24) is 0 Å². The lowest BCUT2D eigenvalue weighted by Crippen LogP contribution is -2.80. The van der Waals surface area contributed by atoms with E-state index in [4.69, 9.17) is 18.6 Å². The summed E-state index contributed by atoms with van der Waals surface area (Å²) in [4.78, 5) is 40.5. The minimum atomic E-state index is -1.52. The standard InChI is InChI=1S/C29H38O10/c1-13(30)39-20-10-19(33)29-12-38-25(36-5)27(20,3)17(29)9-18(32)28(4)22-16(31)8-15(14-6-7-37-11-14)26(22,2)24(35)21(34)23(28)29/h6-7,11,15,17-20,22-25,32-33,35H,8-10,12H2,1-5H3/t15-,17+,18-,19+,20-,22+,23+,24+,25?,26-,27+,28+,29-/m1/s1. The fourth-order valence-electron chi connectivity index (χ4n) is 10.3. The summed E-state index contributed by atoms with van der Waals surface area (Å²) in [6.45, 7) is 6.60. The van der Waals surface area contributed by atoms with Gasteiger partial charge in [0.2, 0.25) is 0 Å². The normalized spacial score (nSPS) is 52.6. The van der Waals surface area contributed by atoms with Crippen molar-refractivity contribution in [1.29, 1.82) is 0 Å². The molecule has 1 aromatic rings. The smallest absolute Gasteiger partial charge is 0.302 e. The molecule has 6 rings (SSSR count). The predicted molar refractivity (Wildman–Crippen MR) is 133 cm³/mol. The molecule has 10 heteroatoms. The molecule has 13 atom stereocenters. The van der Waals surface area contributed by atoms with Crippen LogP contribution in [0, 0.1) is 39.4 Å². The summed E-state index contributed by atoms with van der Waals surface area (Å²) in [5.41, 5.74) is -3.98. The lowest BCUT2D eigenvalue weighted by Gasteiger charge is -2.73. The van der Waals surface area contributed by atoms with Gasteiger partial charge in [0.15, 0.2) is 12.1 Å². The number of rotatable bonds is 3. The second-order valence-electron chi connectivity index (χ2n) is 13.2. The van der Waals surface area contributed by atoms with Crippen LogP contribution in [0.3, 0.4) is 0 Å². The fourth-order valence-corrected chi connectivity index (χ4v) is 10.3. The molecule has 0 radical (unpaired) electrons. The molecule has 1 unspecified atom stereocenters. The van der Waals surface area contributed by atoms with E-state index in [0.29, 0.717) is 0 Å². The van der Waals surface area contributed by atoms with E-state index in [0.717, 1.165) is 5.56 Å². The van der Waals surface area contributed by atoms with E-state index in [-0.39, 0.29) is 31.7 Å². The third kappa shape index (κ3) is 3.02. The van der Waals surface area contributed by atoms with Crippen molar-refractivity contribution in [3.63, 3.8) is 0 Å². The van der Waals surface area contributed by atoms with Crippen molar-refractivity contribution >= 4 is 17.5 Å². The number of methoxy groups -OCH3 is 1. The van der Waals surface area contributed by atoms with Crippen LogP contribution in [0.2, 0.25) is 0 Å². The lowest BCUT2D eigenvalue weighted by molar-refractivity contribution is -0.375. The quantitative estimate of drug-likeness (QED) is 0.477. The Morgan fingerprint density at radius 3 is 2.36 bits per heavy atom. The summed E-state index contributed by atoms with van der Waals surface area (Å²) in [6, 6.07) is 1.74. The number of esters is 1. The van der Waals surface area contributed by atoms with E-state index in [1.165, 1.54) is 26.6 Å². The van der Waals surface area contributed by atoms with Crippen LogP contribution in [0.4, 0.5) is 0 Å². The van der Waals surface area contributed by atoms with E-state index < -0.39 is 87.8 Å². The molecule has 2 bridgehead atoms. The van der Waals surface area contributed by atoms with Crippen LogP contribution >= 0.6 is 0 Å². The van der Waals surface area contributed by atoms with Crippen LogP contribution in [-0.4, -0.2) is 77.3 Å². The molecular formula is C29H38O10. The van der Waals surface area contributed by atoms with Gasteiger partial charge < -0.3 is 33.9 Å². The second-order valence-corrected chi connectivity index (χ2v) is 13.2. The minimum absolute atomic E-state index is 0.0371. The topological polar surface area (TPSA) is 153 Å². The summed E-state index contributed by atoms with van der Waals surface area (Å²) < 4.78 is 22.9. The Balaban J connectivity index is 1.53. The molecule has 10 nitrogen and oxygen atoms in total. The van der Waals surface area contributed by atoms with Crippen LogP contribution in [0.25, 0.3) is 0 Å². The van der Waals surface area contributed by atoms with Gasteiger partial charge in [-0.3, -0.25) is 14.4 Å². The van der Waals surface area contributed by atoms with Crippen molar-refractivity contribution in [2.24, 2.45) is 39.4 Å². The molecule has 4 aliphatic carbocycles. The summed E-state index contributed by atoms with van der Waals surface area (Å²) in [5, 5.41) is 35.7. The number of carbonyl (C=O) groups excluding carboxylic acids is 3. The maximum Gasteiger partial charge on any atom is 0.302 e. The van der Waals surface area contributed by atoms with Gasteiger partial charge in [-0.2, -0.15) is 0 Å². The Kier molecular flexibility index (Phi) is 5.87. The Morgan fingerprint density at radius 1 is 1.03 bits per heavy atom. The minimum Gasteiger partial charge on any atom is -0.472 e. The van der Waals surface area contributed by atoms with Crippen LogP contribution in [0.1, 0.15) is 58.4 Å². The van der Waals surface area contributed by atoms with Gasteiger partial charge in [-0.1, -0.05) is 20.8 Å². The second kappa shape index (κ2) is 8.45. The number of Topliss-reactive ketones (excluding diaryl/α,β-unsaturated/α-hetero) is 2. The van der Waals surface area contributed by atoms with Crippen molar-refractivity contribution in [3.05, 3.63) is 24.2 Å². The van der Waals surface area contributed by atoms with Gasteiger partial charge in [-0.25, -0.2) is 0 Å². The zero-order valence-corrected chi connectivity index (χ0v) is 23.0. The Bertz CT molecular complexity index is 1200. The molecule has 2 heterocycles. The van der Waals surface area contributed by atoms with Gasteiger partial charge in [-0.05, 0) is 24.0 Å². The highest BCUT2D eigenvalue weighted by molar-refractivity contribution is 5.96. The van der Waals surface area contributed by atoms with Crippen LogP contribution < -0.4 is 0 Å². The molecule has 0 aromatic carbocycles. The summed E-state index contributed by atoms with van der Waals surface area (Å²) in [5.74, 6) is -4.12. The molecule has 5 aliphatic rings. The maximum atomic E-state index is 14.5. The molecular weight excluding hydrogens is 508 g/mol. The van der Waals surface area contributed by atoms with Crippen LogP contribution in [0.15, 0.2) is 23.0 Å². The van der Waals surface area contributed by atoms with E-state index in [1.54, 1.807) is 19.9 Å². The number of hydrogen-bond donors (Lipinski definition) is 3. The van der Waals surface area contributed by atoms with Gasteiger partial charge in [0, 0.05) is 60.9 Å². The third-order valence-corrected chi connectivity index (χ3v) is 11.8. The van der Waals surface area contributed by atoms with E-state index in [1.807, 2.05) is 6.92 Å². The van der Waals surface area contributed by atoms with Gasteiger partial charge in [0.1, 0.15) is 18.0 Å². The lowest BCUT2D eigenvalue weighted by atomic mass is 9.33. The molecule has 1 saturated heterocycles. The molecule has 5 fully saturated rings. The highest BCUT2D eigenvalue weighted by atomic mass is 16.7. The average molecular weight is 547 g/mol. The largest absolute Gasteiger partial charge is 0.472 e. The van der Waals surface area contributed by atoms with E-state index >= 15 is 0 Å². The molecule has 3 N–H and O–H groups in total. The molecule has 0 amide bonds. The monoisotopic (exact) mass is 546 g/mol. The number of carbonyl (C=O) groups is 3. The number of fused-ring (bicyclic) bond motifs is 3. The molecule has 1 aliphatic heterocycles. The van der Waals surface area contributed by atoms with Gasteiger partial charge in [0.25, 0.3) is 0 Å². The summed E-state index contributed by atoms with van der Waals surface area (Å²) in [6.07, 6.45) is -2.09. The first kappa shape index (κ1) is 27.1. The van der Waals surface area contributed by atoms with Crippen molar-refractivity contribution in [2.45, 2.75) is 83.6 Å². The van der Waals surface area contributed by atoms with Crippen LogP contribution in [0.5, 0.6) is 0 Å². The number of hydrogen-bond acceptors (Lipinski definition) is 10. The predicted octanol–water partition coefficient (Wildman–Crippen LogP) is 1.60. The van der Waals surface area contributed by atoms with Gasteiger partial charge >= 0.3 is 5.97 Å². The zero-order chi connectivity index (χ0) is 28.3. The highest BCUT2D eigenvalue weighted by Crippen LogP contribution is 2.75. The van der Waals surface area contributed by atoms with Gasteiger partial charge in [0.05, 0.1) is 36.8 Å². The molecule has 39 heavy (non-hydrogen) atoms. The Morgan fingerprint density at radius 2 is 1.74 bits per heavy atom. The fraction of sp³-hybridized carbons (Fsp3) is 0.759. The zero-order valence-electron chi connectivity index (χ0n) is 23.0. The van der Waals surface area contributed by atoms with Gasteiger partial charge in [-0.15, -0.1) is 0 Å². The number of aliphatic hydroxyl groups is 3. The third-order valence-electron chi connectivity index (χ3n) is 11.8. The first-order valence-electron chi connectivity index (χ1n) is 13.7. The Hall–Kier alpha value is -2.11. The number of furan rings is 1. The van der Waals surface area contributed by atoms with E-state index in [9.17, 15) is 29.7 Å². The number of aliphatic hydroxyl groups excluding tert-OH is 3. The average Bonchev–Trinajstić information content (AvgIpc) is 3.49. The SMILES string of the molecule is COC1OC[C@]23[C@@H](O)C[C@@H](OC(C)=O)[C@]1(C)[C@@H]2C[C@@H](O)[C@@]1(C)[C@H]2C(=O)C[C@H](c4ccoc4)[C@@]2(C)[C@@H](O)C(=O)[C@@H]13. The van der Waals surface area contributed by atoms with Crippen molar-refractivity contribution < 1.29 is 48.3 Å². The maximum absolute atomic E-state index is 14.5. The molecule has 214 valence electrons. The number of ether oxygens (including phenoxy) is 3. The Labute approximate surface area is 227 Å². The molecule has 0 spiro atoms. The highest BCUT2D eigenvalue weighted by Gasteiger charge is 2.81. The first-order chi connectivity index (χ1) is 18.3. The molecule has 1 aromatic heterocycles. The summed E-state index contributed by atoms with van der Waals surface area (Å²) >= 11 is 0. The summed E-state index contributed by atoms with van der Waals surface area (Å²) in [7, 11) is 1.48. The van der Waals surface area contributed by atoms with Crippen molar-refractivity contribution in [3.8, 4) is 0 Å². The van der Waals surface area contributed by atoms with Crippen molar-refractivity contribution in [2.75, 3.05) is 13.7 Å².